The predicted octanol–water partition coefficient (Wildman–Crippen LogP) is 3.62. The van der Waals surface area contributed by atoms with Gasteiger partial charge in [-0.1, -0.05) is 24.6 Å². The number of carbonyl (C=O) groups is 1. The first kappa shape index (κ1) is 13.5. The molecule has 1 fully saturated rings. The average molecular weight is 291 g/mol. The van der Waals surface area contributed by atoms with E-state index < -0.39 is 0 Å². The molecule has 1 aliphatic rings. The molecule has 0 radical (unpaired) electrons. The monoisotopic (exact) mass is 290 g/mol. The maximum absolute atomic E-state index is 12.4. The molecule has 1 aromatic carbocycles. The Kier molecular flexibility index (Phi) is 3.70. The first-order valence-electron chi connectivity index (χ1n) is 7.17. The van der Waals surface area contributed by atoms with Crippen LogP contribution in [0.1, 0.15) is 25.3 Å². The van der Waals surface area contributed by atoms with E-state index in [0.717, 1.165) is 36.0 Å². The molecule has 3 nitrogen and oxygen atoms in total. The fraction of sp³-hybridized carbons (Fsp3) is 0.438. The number of benzene rings is 1. The number of amides is 1. The molecule has 1 N–H and O–H groups in total. The summed E-state index contributed by atoms with van der Waals surface area (Å²) in [4.78, 5) is 17.6. The van der Waals surface area contributed by atoms with Crippen LogP contribution in [0.5, 0.6) is 0 Å². The fourth-order valence-corrected chi connectivity index (χ4v) is 3.17. The van der Waals surface area contributed by atoms with Crippen LogP contribution < -0.4 is 0 Å². The molecule has 20 heavy (non-hydrogen) atoms. The quantitative estimate of drug-likeness (QED) is 0.901. The zero-order valence-corrected chi connectivity index (χ0v) is 12.4. The standard InChI is InChI=1S/C16H19ClN2O/c1-11-3-2-6-19(10-11)16(20)7-12-9-18-15-8-13(17)4-5-14(12)15/h4-5,8-9,11,18H,2-3,6-7,10H2,1H3. The molecule has 1 aliphatic heterocycles. The van der Waals surface area contributed by atoms with Crippen LogP contribution in [0, 0.1) is 5.92 Å². The Balaban J connectivity index is 1.77. The molecule has 1 amide bonds. The topological polar surface area (TPSA) is 36.1 Å². The van der Waals surface area contributed by atoms with Gasteiger partial charge in [0.1, 0.15) is 0 Å². The highest BCUT2D eigenvalue weighted by molar-refractivity contribution is 6.31. The SMILES string of the molecule is CC1CCCN(C(=O)Cc2c[nH]c3cc(Cl)ccc23)C1. The minimum absolute atomic E-state index is 0.229. The molecule has 0 saturated carbocycles. The maximum Gasteiger partial charge on any atom is 0.227 e. The number of hydrogen-bond donors (Lipinski definition) is 1. The van der Waals surface area contributed by atoms with Gasteiger partial charge in [0.25, 0.3) is 0 Å². The van der Waals surface area contributed by atoms with Crippen molar-refractivity contribution >= 4 is 28.4 Å². The van der Waals surface area contributed by atoms with Crippen LogP contribution in [0.3, 0.4) is 0 Å². The molecule has 1 aromatic heterocycles. The molecule has 0 bridgehead atoms. The van der Waals surface area contributed by atoms with Crippen molar-refractivity contribution < 1.29 is 4.79 Å². The summed E-state index contributed by atoms with van der Waals surface area (Å²) in [5.74, 6) is 0.849. The second kappa shape index (κ2) is 5.49. The van der Waals surface area contributed by atoms with Crippen LogP contribution in [0.2, 0.25) is 5.02 Å². The van der Waals surface area contributed by atoms with Gasteiger partial charge in [-0.2, -0.15) is 0 Å². The van der Waals surface area contributed by atoms with Crippen LogP contribution in [0.4, 0.5) is 0 Å². The lowest BCUT2D eigenvalue weighted by atomic mass is 9.99. The van der Waals surface area contributed by atoms with Crippen molar-refractivity contribution in [3.05, 3.63) is 35.0 Å². The summed E-state index contributed by atoms with van der Waals surface area (Å²) in [7, 11) is 0. The number of nitrogens with one attached hydrogen (secondary N) is 1. The Morgan fingerprint density at radius 3 is 3.15 bits per heavy atom. The van der Waals surface area contributed by atoms with Gasteiger partial charge in [0.05, 0.1) is 6.42 Å². The number of aromatic nitrogens is 1. The molecule has 1 atom stereocenters. The molecular formula is C16H19ClN2O. The maximum atomic E-state index is 12.4. The zero-order chi connectivity index (χ0) is 14.1. The first-order valence-corrected chi connectivity index (χ1v) is 7.54. The fourth-order valence-electron chi connectivity index (χ4n) is 3.00. The van der Waals surface area contributed by atoms with Gasteiger partial charge in [0, 0.05) is 35.2 Å². The van der Waals surface area contributed by atoms with E-state index in [1.807, 2.05) is 29.3 Å². The molecule has 0 aliphatic carbocycles. The Labute approximate surface area is 123 Å². The molecule has 1 saturated heterocycles. The van der Waals surface area contributed by atoms with Gasteiger partial charge < -0.3 is 9.88 Å². The van der Waals surface area contributed by atoms with Crippen LogP contribution >= 0.6 is 11.6 Å². The van der Waals surface area contributed by atoms with Crippen molar-refractivity contribution in [2.24, 2.45) is 5.92 Å². The van der Waals surface area contributed by atoms with Crippen molar-refractivity contribution in [2.45, 2.75) is 26.2 Å². The highest BCUT2D eigenvalue weighted by Crippen LogP contribution is 2.23. The number of piperidine rings is 1. The van der Waals surface area contributed by atoms with Gasteiger partial charge in [0.15, 0.2) is 0 Å². The van der Waals surface area contributed by atoms with Crippen molar-refractivity contribution in [3.8, 4) is 0 Å². The third-order valence-corrected chi connectivity index (χ3v) is 4.32. The Hall–Kier alpha value is -1.48. The second-order valence-electron chi connectivity index (χ2n) is 5.77. The van der Waals surface area contributed by atoms with E-state index in [1.54, 1.807) is 0 Å². The lowest BCUT2D eigenvalue weighted by molar-refractivity contribution is -0.132. The number of carbonyl (C=O) groups excluding carboxylic acids is 1. The largest absolute Gasteiger partial charge is 0.361 e. The molecular weight excluding hydrogens is 272 g/mol. The molecule has 3 rings (SSSR count). The number of fused-ring (bicyclic) bond motifs is 1. The summed E-state index contributed by atoms with van der Waals surface area (Å²) in [6, 6.07) is 5.75. The normalized spacial score (nSPS) is 19.5. The number of rotatable bonds is 2. The molecule has 0 spiro atoms. The van der Waals surface area contributed by atoms with Gasteiger partial charge in [0.2, 0.25) is 5.91 Å². The van der Waals surface area contributed by atoms with Gasteiger partial charge in [-0.25, -0.2) is 0 Å². The van der Waals surface area contributed by atoms with E-state index in [2.05, 4.69) is 11.9 Å². The number of nitrogens with zero attached hydrogens (tertiary/aromatic N) is 1. The predicted molar refractivity (Wildman–Crippen MR) is 82.0 cm³/mol. The summed E-state index contributed by atoms with van der Waals surface area (Å²) >= 11 is 5.98. The minimum Gasteiger partial charge on any atom is -0.361 e. The number of aromatic amines is 1. The summed E-state index contributed by atoms with van der Waals surface area (Å²) in [5.41, 5.74) is 2.05. The molecule has 1 unspecified atom stereocenters. The first-order chi connectivity index (χ1) is 9.63. The van der Waals surface area contributed by atoms with E-state index in [4.69, 9.17) is 11.6 Å². The molecule has 106 valence electrons. The van der Waals surface area contributed by atoms with Crippen molar-refractivity contribution in [1.82, 2.24) is 9.88 Å². The number of hydrogen-bond acceptors (Lipinski definition) is 1. The van der Waals surface area contributed by atoms with E-state index in [9.17, 15) is 4.79 Å². The second-order valence-corrected chi connectivity index (χ2v) is 6.20. The third-order valence-electron chi connectivity index (χ3n) is 4.08. The Morgan fingerprint density at radius 1 is 1.50 bits per heavy atom. The van der Waals surface area contributed by atoms with Crippen molar-refractivity contribution in [2.75, 3.05) is 13.1 Å². The average Bonchev–Trinajstić information content (AvgIpc) is 2.81. The molecule has 2 heterocycles. The van der Waals surface area contributed by atoms with Crippen molar-refractivity contribution in [3.63, 3.8) is 0 Å². The molecule has 2 aromatic rings. The van der Waals surface area contributed by atoms with Crippen LogP contribution in [0.15, 0.2) is 24.4 Å². The van der Waals surface area contributed by atoms with Gasteiger partial charge in [-0.3, -0.25) is 4.79 Å². The van der Waals surface area contributed by atoms with Crippen LogP contribution in [0.25, 0.3) is 10.9 Å². The van der Waals surface area contributed by atoms with E-state index in [-0.39, 0.29) is 5.91 Å². The number of halogens is 1. The Morgan fingerprint density at radius 2 is 2.35 bits per heavy atom. The zero-order valence-electron chi connectivity index (χ0n) is 11.7. The Bertz CT molecular complexity index is 634. The summed E-state index contributed by atoms with van der Waals surface area (Å²) in [6.07, 6.45) is 4.74. The minimum atomic E-state index is 0.229. The summed E-state index contributed by atoms with van der Waals surface area (Å²) in [6.45, 7) is 4.01. The third kappa shape index (κ3) is 2.68. The van der Waals surface area contributed by atoms with E-state index in [0.29, 0.717) is 17.4 Å². The molecule has 4 heteroatoms. The highest BCUT2D eigenvalue weighted by Gasteiger charge is 2.21. The van der Waals surface area contributed by atoms with E-state index in [1.165, 1.54) is 6.42 Å². The van der Waals surface area contributed by atoms with Gasteiger partial charge >= 0.3 is 0 Å². The lowest BCUT2D eigenvalue weighted by Crippen LogP contribution is -2.39. The van der Waals surface area contributed by atoms with E-state index >= 15 is 0 Å². The highest BCUT2D eigenvalue weighted by atomic mass is 35.5. The summed E-state index contributed by atoms with van der Waals surface area (Å²) in [5, 5.41) is 1.80. The van der Waals surface area contributed by atoms with Crippen LogP contribution in [-0.4, -0.2) is 28.9 Å². The number of H-pyrrole nitrogens is 1. The number of likely N-dealkylation sites (tertiary alicyclic amines) is 1. The van der Waals surface area contributed by atoms with Gasteiger partial charge in [-0.15, -0.1) is 0 Å². The van der Waals surface area contributed by atoms with Crippen molar-refractivity contribution in [1.29, 1.82) is 0 Å². The summed E-state index contributed by atoms with van der Waals surface area (Å²) < 4.78 is 0. The lowest BCUT2D eigenvalue weighted by Gasteiger charge is -2.31. The van der Waals surface area contributed by atoms with Gasteiger partial charge in [-0.05, 0) is 36.5 Å². The van der Waals surface area contributed by atoms with Crippen LogP contribution in [-0.2, 0) is 11.2 Å². The smallest absolute Gasteiger partial charge is 0.227 e.